The first kappa shape index (κ1) is 16.5. The van der Waals surface area contributed by atoms with Crippen molar-refractivity contribution >= 4 is 17.1 Å². The van der Waals surface area contributed by atoms with Crippen LogP contribution in [0.15, 0.2) is 59.7 Å². The van der Waals surface area contributed by atoms with Gasteiger partial charge in [0.1, 0.15) is 5.82 Å². The Bertz CT molecular complexity index is 1230. The summed E-state index contributed by atoms with van der Waals surface area (Å²) in [7, 11) is 0. The topological polar surface area (TPSA) is 110 Å². The van der Waals surface area contributed by atoms with Crippen LogP contribution in [-0.2, 0) is 0 Å². The number of nitrogens with one attached hydrogen (secondary N) is 1. The van der Waals surface area contributed by atoms with Gasteiger partial charge >= 0.3 is 6.16 Å². The lowest BCUT2D eigenvalue weighted by atomic mass is 10.0. The lowest BCUT2D eigenvalue weighted by Gasteiger charge is -2.06. The Morgan fingerprint density at radius 3 is 2.78 bits per heavy atom. The summed E-state index contributed by atoms with van der Waals surface area (Å²) < 4.78 is 19.1. The number of H-pyrrole nitrogens is 1. The van der Waals surface area contributed by atoms with Gasteiger partial charge in [0.2, 0.25) is 5.95 Å². The molecular weight excluding hydrogens is 355 g/mol. The fraction of sp³-hybridized carbons (Fsp3) is 0. The molecule has 4 rings (SSSR count). The van der Waals surface area contributed by atoms with E-state index >= 15 is 0 Å². The Hall–Kier alpha value is -4.01. The van der Waals surface area contributed by atoms with Crippen LogP contribution in [0.5, 0.6) is 5.75 Å². The van der Waals surface area contributed by atoms with Gasteiger partial charge < -0.3 is 9.84 Å². The summed E-state index contributed by atoms with van der Waals surface area (Å²) in [5, 5.41) is 12.9. The molecule has 2 heterocycles. The van der Waals surface area contributed by atoms with E-state index in [1.807, 2.05) is 0 Å². The van der Waals surface area contributed by atoms with Crippen molar-refractivity contribution in [3.63, 3.8) is 0 Å². The molecule has 0 amide bonds. The molecule has 0 spiro atoms. The molecule has 0 aliphatic carbocycles. The number of hydrogen-bond acceptors (Lipinski definition) is 5. The second-order valence-electron chi connectivity index (χ2n) is 5.62. The quantitative estimate of drug-likeness (QED) is 0.540. The summed E-state index contributed by atoms with van der Waals surface area (Å²) in [6, 6.07) is 11.1. The van der Waals surface area contributed by atoms with Crippen molar-refractivity contribution in [1.82, 2.24) is 19.7 Å². The number of ether oxygens (including phenoxy) is 1. The minimum absolute atomic E-state index is 0.00769. The van der Waals surface area contributed by atoms with E-state index in [1.54, 1.807) is 30.3 Å². The van der Waals surface area contributed by atoms with Crippen molar-refractivity contribution in [2.45, 2.75) is 0 Å². The lowest BCUT2D eigenvalue weighted by molar-refractivity contribution is 0.144. The first-order valence-electron chi connectivity index (χ1n) is 7.75. The maximum absolute atomic E-state index is 13.4. The van der Waals surface area contributed by atoms with E-state index in [1.165, 1.54) is 29.2 Å². The highest BCUT2D eigenvalue weighted by Crippen LogP contribution is 2.23. The number of halogens is 1. The molecule has 0 aliphatic rings. The Morgan fingerprint density at radius 2 is 2.00 bits per heavy atom. The smallest absolute Gasteiger partial charge is 0.449 e. The lowest BCUT2D eigenvalue weighted by Crippen LogP contribution is -2.13. The Kier molecular flexibility index (Phi) is 3.88. The maximum atomic E-state index is 13.4. The first-order valence-corrected chi connectivity index (χ1v) is 7.75. The van der Waals surface area contributed by atoms with Crippen LogP contribution < -0.4 is 10.3 Å². The van der Waals surface area contributed by atoms with E-state index in [0.29, 0.717) is 22.0 Å². The second-order valence-corrected chi connectivity index (χ2v) is 5.62. The molecule has 0 saturated heterocycles. The number of nitrogens with zero attached hydrogens (tertiary/aromatic N) is 3. The SMILES string of the molecule is O=C(O)Oc1cnn(-c2nc3ccc(-c4cccc(F)c4)cc3c(=O)[nH]2)c1. The second kappa shape index (κ2) is 6.37. The molecule has 4 aromatic rings. The van der Waals surface area contributed by atoms with Crippen LogP contribution in [0.1, 0.15) is 0 Å². The highest BCUT2D eigenvalue weighted by atomic mass is 19.1. The van der Waals surface area contributed by atoms with E-state index in [-0.39, 0.29) is 17.5 Å². The van der Waals surface area contributed by atoms with Gasteiger partial charge in [-0.25, -0.2) is 18.9 Å². The van der Waals surface area contributed by atoms with Crippen LogP contribution >= 0.6 is 0 Å². The fourth-order valence-corrected chi connectivity index (χ4v) is 2.66. The van der Waals surface area contributed by atoms with E-state index in [0.717, 1.165) is 0 Å². The molecule has 8 nitrogen and oxygen atoms in total. The molecule has 0 radical (unpaired) electrons. The minimum atomic E-state index is -1.47. The number of fused-ring (bicyclic) bond motifs is 1. The van der Waals surface area contributed by atoms with Crippen LogP contribution in [0.4, 0.5) is 9.18 Å². The zero-order chi connectivity index (χ0) is 19.0. The number of hydrogen-bond donors (Lipinski definition) is 2. The van der Waals surface area contributed by atoms with Crippen LogP contribution in [0, 0.1) is 5.82 Å². The van der Waals surface area contributed by atoms with Gasteiger partial charge in [-0.1, -0.05) is 18.2 Å². The average molecular weight is 366 g/mol. The third-order valence-electron chi connectivity index (χ3n) is 3.83. The number of rotatable bonds is 3. The monoisotopic (exact) mass is 366 g/mol. The zero-order valence-corrected chi connectivity index (χ0v) is 13.6. The van der Waals surface area contributed by atoms with Gasteiger partial charge in [-0.3, -0.25) is 9.78 Å². The molecule has 0 unspecified atom stereocenters. The van der Waals surface area contributed by atoms with E-state index in [4.69, 9.17) is 5.11 Å². The van der Waals surface area contributed by atoms with E-state index in [9.17, 15) is 14.0 Å². The molecule has 2 aromatic heterocycles. The molecule has 9 heteroatoms. The van der Waals surface area contributed by atoms with Gasteiger partial charge in [-0.2, -0.15) is 5.10 Å². The van der Waals surface area contributed by atoms with Gasteiger partial charge in [-0.05, 0) is 35.4 Å². The van der Waals surface area contributed by atoms with Crippen LogP contribution in [0.2, 0.25) is 0 Å². The van der Waals surface area contributed by atoms with Crippen molar-refractivity contribution in [3.8, 4) is 22.8 Å². The third kappa shape index (κ3) is 3.25. The van der Waals surface area contributed by atoms with Crippen molar-refractivity contribution < 1.29 is 19.0 Å². The number of carbonyl (C=O) groups is 1. The summed E-state index contributed by atoms with van der Waals surface area (Å²) in [4.78, 5) is 29.9. The van der Waals surface area contributed by atoms with Gasteiger partial charge in [0, 0.05) is 0 Å². The van der Waals surface area contributed by atoms with Crippen LogP contribution in [0.3, 0.4) is 0 Å². The summed E-state index contributed by atoms with van der Waals surface area (Å²) in [5.74, 6) is -0.272. The normalized spacial score (nSPS) is 10.9. The molecule has 0 saturated carbocycles. The molecule has 0 bridgehead atoms. The molecule has 27 heavy (non-hydrogen) atoms. The largest absolute Gasteiger partial charge is 0.511 e. The number of benzene rings is 2. The molecule has 2 N–H and O–H groups in total. The molecule has 134 valence electrons. The summed E-state index contributed by atoms with van der Waals surface area (Å²) >= 11 is 0. The van der Waals surface area contributed by atoms with Crippen molar-refractivity contribution in [2.24, 2.45) is 0 Å². The zero-order valence-electron chi connectivity index (χ0n) is 13.6. The highest BCUT2D eigenvalue weighted by Gasteiger charge is 2.11. The maximum Gasteiger partial charge on any atom is 0.511 e. The van der Waals surface area contributed by atoms with Crippen molar-refractivity contribution in [1.29, 1.82) is 0 Å². The molecule has 0 fully saturated rings. The van der Waals surface area contributed by atoms with Gasteiger partial charge in [0.25, 0.3) is 5.56 Å². The summed E-state index contributed by atoms with van der Waals surface area (Å²) in [6.07, 6.45) is 0.990. The fourth-order valence-electron chi connectivity index (χ4n) is 2.66. The Balaban J connectivity index is 1.76. The van der Waals surface area contributed by atoms with E-state index < -0.39 is 11.7 Å². The third-order valence-corrected chi connectivity index (χ3v) is 3.83. The van der Waals surface area contributed by atoms with E-state index in [2.05, 4.69) is 19.8 Å². The van der Waals surface area contributed by atoms with Crippen LogP contribution in [0.25, 0.3) is 28.0 Å². The average Bonchev–Trinajstić information content (AvgIpc) is 3.09. The molecule has 2 aromatic carbocycles. The predicted molar refractivity (Wildman–Crippen MR) is 93.5 cm³/mol. The first-order chi connectivity index (χ1) is 13.0. The number of aromatic amines is 1. The minimum Gasteiger partial charge on any atom is -0.449 e. The van der Waals surface area contributed by atoms with Gasteiger partial charge in [-0.15, -0.1) is 0 Å². The molecule has 0 atom stereocenters. The Labute approximate surface area is 150 Å². The number of aromatic nitrogens is 4. The van der Waals surface area contributed by atoms with Crippen molar-refractivity contribution in [3.05, 3.63) is 71.0 Å². The van der Waals surface area contributed by atoms with Crippen LogP contribution in [-0.4, -0.2) is 31.0 Å². The van der Waals surface area contributed by atoms with Gasteiger partial charge in [0.15, 0.2) is 5.75 Å². The summed E-state index contributed by atoms with van der Waals surface area (Å²) in [6.45, 7) is 0. The summed E-state index contributed by atoms with van der Waals surface area (Å²) in [5.41, 5.74) is 1.32. The van der Waals surface area contributed by atoms with Gasteiger partial charge in [0.05, 0.1) is 23.3 Å². The predicted octanol–water partition coefficient (Wildman–Crippen LogP) is 2.97. The van der Waals surface area contributed by atoms with Crippen molar-refractivity contribution in [2.75, 3.05) is 0 Å². The standard InChI is InChI=1S/C18H11FN4O4/c19-12-3-1-2-10(6-12)11-4-5-15-14(7-11)16(24)22-17(21-15)23-9-13(8-20-23)27-18(25)26/h1-9H,(H,25,26)(H,21,22,24). The Morgan fingerprint density at radius 1 is 1.19 bits per heavy atom. The number of carboxylic acid groups (broad SMARTS) is 1. The molecule has 0 aliphatic heterocycles. The highest BCUT2D eigenvalue weighted by molar-refractivity contribution is 5.84. The molecular formula is C18H11FN4O4.